The van der Waals surface area contributed by atoms with Crippen molar-refractivity contribution in [3.63, 3.8) is 0 Å². The zero-order valence-electron chi connectivity index (χ0n) is 36.8. The summed E-state index contributed by atoms with van der Waals surface area (Å²) >= 11 is 0. The van der Waals surface area contributed by atoms with Crippen molar-refractivity contribution in [1.82, 2.24) is 29.1 Å². The van der Waals surface area contributed by atoms with E-state index in [9.17, 15) is 0 Å². The first-order valence-electron chi connectivity index (χ1n) is 22.9. The van der Waals surface area contributed by atoms with Crippen molar-refractivity contribution in [2.24, 2.45) is 0 Å². The van der Waals surface area contributed by atoms with Crippen LogP contribution in [0.5, 0.6) is 0 Å². The fraction of sp³-hybridized carbons (Fsp3) is 0. The van der Waals surface area contributed by atoms with Crippen LogP contribution < -0.4 is 0 Å². The topological polar surface area (TPSA) is 61.4 Å². The highest BCUT2D eigenvalue weighted by atomic mass is 15.2. The number of hydrogen-bond acceptors (Lipinski definition) is 4. The van der Waals surface area contributed by atoms with Crippen molar-refractivity contribution >= 4 is 43.6 Å². The number of hydrogen-bond donors (Lipinski definition) is 0. The Hall–Kier alpha value is -9.26. The van der Waals surface area contributed by atoms with Crippen molar-refractivity contribution in [3.05, 3.63) is 243 Å². The van der Waals surface area contributed by atoms with E-state index >= 15 is 0 Å². The summed E-state index contributed by atoms with van der Waals surface area (Å²) in [5.41, 5.74) is 15.3. The Bertz CT molecular complexity index is 3950. The Labute approximate surface area is 392 Å². The van der Waals surface area contributed by atoms with Crippen molar-refractivity contribution in [1.29, 1.82) is 0 Å². The SMILES string of the molecule is c1ccc(-c2cccc(-c3nc(-c4ccccc4)nc(-n4c5ccccc5c5ccc6c7ccccc7n(-c7ccccc7-c7cc(-c8ccccc8)nc(-c8ccccc8)c7)c6c54)n3)c2)cc1. The minimum atomic E-state index is 0.539. The fourth-order valence-electron chi connectivity index (χ4n) is 9.85. The third kappa shape index (κ3) is 6.66. The lowest BCUT2D eigenvalue weighted by Crippen LogP contribution is -2.07. The summed E-state index contributed by atoms with van der Waals surface area (Å²) in [7, 11) is 0. The number of pyridine rings is 1. The largest absolute Gasteiger partial charge is 0.307 e. The van der Waals surface area contributed by atoms with Crippen LogP contribution in [-0.2, 0) is 0 Å². The molecule has 0 atom stereocenters. The van der Waals surface area contributed by atoms with Crippen molar-refractivity contribution in [2.45, 2.75) is 0 Å². The first-order valence-corrected chi connectivity index (χ1v) is 22.9. The van der Waals surface area contributed by atoms with Gasteiger partial charge in [0.05, 0.1) is 39.1 Å². The van der Waals surface area contributed by atoms with Crippen LogP contribution >= 0.6 is 0 Å². The molecule has 4 aromatic heterocycles. The molecule has 0 saturated heterocycles. The Morgan fingerprint density at radius 3 is 1.34 bits per heavy atom. The number of nitrogens with zero attached hydrogens (tertiary/aromatic N) is 6. The minimum absolute atomic E-state index is 0.539. The maximum atomic E-state index is 5.44. The molecule has 6 heteroatoms. The predicted molar refractivity (Wildman–Crippen MR) is 279 cm³/mol. The average molecular weight is 869 g/mol. The fourth-order valence-corrected chi connectivity index (χ4v) is 9.85. The van der Waals surface area contributed by atoms with Gasteiger partial charge in [-0.05, 0) is 53.1 Å². The quantitative estimate of drug-likeness (QED) is 0.153. The molecule has 0 radical (unpaired) electrons. The molecule has 0 unspecified atom stereocenters. The van der Waals surface area contributed by atoms with E-state index in [1.807, 2.05) is 36.4 Å². The zero-order chi connectivity index (χ0) is 45.0. The highest BCUT2D eigenvalue weighted by molar-refractivity contribution is 6.24. The van der Waals surface area contributed by atoms with E-state index < -0.39 is 0 Å². The molecule has 68 heavy (non-hydrogen) atoms. The molecule has 318 valence electrons. The first kappa shape index (κ1) is 39.1. The van der Waals surface area contributed by atoms with E-state index in [2.05, 4.69) is 215 Å². The summed E-state index contributed by atoms with van der Waals surface area (Å²) in [5, 5.41) is 4.49. The van der Waals surface area contributed by atoms with Gasteiger partial charge in [0.2, 0.25) is 5.95 Å². The number of benzene rings is 9. The van der Waals surface area contributed by atoms with Gasteiger partial charge in [-0.2, -0.15) is 9.97 Å². The van der Waals surface area contributed by atoms with Crippen LogP contribution in [0.3, 0.4) is 0 Å². The molecule has 0 aliphatic carbocycles. The molecule has 4 heterocycles. The molecule has 0 N–H and O–H groups in total. The maximum Gasteiger partial charge on any atom is 0.238 e. The number of rotatable bonds is 8. The lowest BCUT2D eigenvalue weighted by molar-refractivity contribution is 0.953. The summed E-state index contributed by atoms with van der Waals surface area (Å²) in [5.74, 6) is 1.73. The molecule has 9 aromatic carbocycles. The van der Waals surface area contributed by atoms with E-state index in [4.69, 9.17) is 19.9 Å². The third-order valence-corrected chi connectivity index (χ3v) is 13.0. The van der Waals surface area contributed by atoms with Gasteiger partial charge in [-0.1, -0.05) is 206 Å². The number of para-hydroxylation sites is 3. The van der Waals surface area contributed by atoms with Gasteiger partial charge in [0.15, 0.2) is 11.6 Å². The van der Waals surface area contributed by atoms with Gasteiger partial charge >= 0.3 is 0 Å². The van der Waals surface area contributed by atoms with E-state index in [0.29, 0.717) is 17.6 Å². The Morgan fingerprint density at radius 2 is 0.721 bits per heavy atom. The van der Waals surface area contributed by atoms with Gasteiger partial charge in [0, 0.05) is 49.4 Å². The molecular weight excluding hydrogens is 829 g/mol. The summed E-state index contributed by atoms with van der Waals surface area (Å²) in [4.78, 5) is 21.3. The molecule has 0 aliphatic heterocycles. The molecule has 13 rings (SSSR count). The molecule has 0 aliphatic rings. The van der Waals surface area contributed by atoms with Gasteiger partial charge in [0.25, 0.3) is 0 Å². The lowest BCUT2D eigenvalue weighted by Gasteiger charge is -2.17. The van der Waals surface area contributed by atoms with Crippen molar-refractivity contribution in [3.8, 4) is 79.2 Å². The van der Waals surface area contributed by atoms with Gasteiger partial charge < -0.3 is 4.57 Å². The van der Waals surface area contributed by atoms with Gasteiger partial charge in [-0.3, -0.25) is 4.57 Å². The third-order valence-electron chi connectivity index (χ3n) is 13.0. The van der Waals surface area contributed by atoms with Crippen LogP contribution in [-0.4, -0.2) is 29.1 Å². The van der Waals surface area contributed by atoms with Gasteiger partial charge in [0.1, 0.15) is 0 Å². The summed E-state index contributed by atoms with van der Waals surface area (Å²) < 4.78 is 4.71. The first-order chi connectivity index (χ1) is 33.7. The molecular formula is C62H40N6. The molecule has 13 aromatic rings. The van der Waals surface area contributed by atoms with Crippen LogP contribution in [0.1, 0.15) is 0 Å². The Balaban J connectivity index is 1.11. The molecule has 0 spiro atoms. The molecule has 6 nitrogen and oxygen atoms in total. The Kier molecular flexibility index (Phi) is 9.39. The van der Waals surface area contributed by atoms with E-state index in [-0.39, 0.29) is 0 Å². The second kappa shape index (κ2) is 16.3. The highest BCUT2D eigenvalue weighted by Crippen LogP contribution is 2.44. The van der Waals surface area contributed by atoms with Crippen molar-refractivity contribution < 1.29 is 0 Å². The number of fused-ring (bicyclic) bond motifs is 7. The van der Waals surface area contributed by atoms with Crippen LogP contribution in [0.4, 0.5) is 0 Å². The average Bonchev–Trinajstić information content (AvgIpc) is 3.95. The van der Waals surface area contributed by atoms with E-state index in [0.717, 1.165) is 105 Å². The molecule has 0 amide bonds. The second-order valence-electron chi connectivity index (χ2n) is 17.0. The maximum absolute atomic E-state index is 5.44. The summed E-state index contributed by atoms with van der Waals surface area (Å²) in [6.45, 7) is 0. The summed E-state index contributed by atoms with van der Waals surface area (Å²) in [6.07, 6.45) is 0. The smallest absolute Gasteiger partial charge is 0.238 e. The van der Waals surface area contributed by atoms with Crippen LogP contribution in [0, 0.1) is 0 Å². The minimum Gasteiger partial charge on any atom is -0.307 e. The monoisotopic (exact) mass is 868 g/mol. The van der Waals surface area contributed by atoms with Crippen LogP contribution in [0.15, 0.2) is 243 Å². The highest BCUT2D eigenvalue weighted by Gasteiger charge is 2.25. The number of aromatic nitrogens is 6. The van der Waals surface area contributed by atoms with Crippen molar-refractivity contribution in [2.75, 3.05) is 0 Å². The zero-order valence-corrected chi connectivity index (χ0v) is 36.8. The Morgan fingerprint density at radius 1 is 0.265 bits per heavy atom. The van der Waals surface area contributed by atoms with E-state index in [1.165, 1.54) is 0 Å². The molecule has 0 saturated carbocycles. The van der Waals surface area contributed by atoms with E-state index in [1.54, 1.807) is 0 Å². The van der Waals surface area contributed by atoms with Crippen LogP contribution in [0.2, 0.25) is 0 Å². The lowest BCUT2D eigenvalue weighted by atomic mass is 9.98. The van der Waals surface area contributed by atoms with Gasteiger partial charge in [-0.25, -0.2) is 9.97 Å². The second-order valence-corrected chi connectivity index (χ2v) is 17.0. The van der Waals surface area contributed by atoms with Gasteiger partial charge in [-0.15, -0.1) is 0 Å². The molecule has 0 bridgehead atoms. The normalized spacial score (nSPS) is 11.5. The molecule has 0 fully saturated rings. The predicted octanol–water partition coefficient (Wildman–Crippen LogP) is 15.5. The summed E-state index contributed by atoms with van der Waals surface area (Å²) in [6, 6.07) is 85.1. The van der Waals surface area contributed by atoms with Crippen LogP contribution in [0.25, 0.3) is 123 Å². The standard InChI is InChI=1S/C62H40N6/c1-5-20-41(21-6-1)45-28-19-29-46(38-45)61-64-60(44-26-11-4-12-27-44)65-62(66-61)68-57-35-18-15-32-50(57)52-37-36-51-49-31-14-17-34-56(49)67(58(51)59(52)68)55-33-16-13-30-48(55)47-39-53(42-22-7-2-8-23-42)63-54(40-47)43-24-9-3-10-25-43/h1-40H.